The molecule has 0 aliphatic heterocycles. The Morgan fingerprint density at radius 3 is 2.27 bits per heavy atom. The van der Waals surface area contributed by atoms with E-state index in [4.69, 9.17) is 0 Å². The minimum absolute atomic E-state index is 0.373. The van der Waals surface area contributed by atoms with Gasteiger partial charge in [-0.2, -0.15) is 5.01 Å². The monoisotopic (exact) mass is 423 g/mol. The van der Waals surface area contributed by atoms with E-state index in [0.29, 0.717) is 17.4 Å². The molecular weight excluding hydrogens is 398 g/mol. The molecule has 0 unspecified atom stereocenters. The number of rotatable bonds is 5. The summed E-state index contributed by atoms with van der Waals surface area (Å²) in [7, 11) is 0. The number of nitrogens with one attached hydrogen (secondary N) is 3. The molecule has 3 aromatic rings. The Bertz CT molecular complexity index is 999. The van der Waals surface area contributed by atoms with Crippen molar-refractivity contribution >= 4 is 34.2 Å². The summed E-state index contributed by atoms with van der Waals surface area (Å²) in [5.41, 5.74) is 7.16. The number of benzene rings is 2. The fourth-order valence-electron chi connectivity index (χ4n) is 2.62. The van der Waals surface area contributed by atoms with Crippen molar-refractivity contribution in [1.29, 1.82) is 0 Å². The molecule has 0 atom stereocenters. The van der Waals surface area contributed by atoms with Crippen LogP contribution >= 0.6 is 11.3 Å². The lowest BCUT2D eigenvalue weighted by molar-refractivity contribution is 0.237. The first-order valence-electron chi connectivity index (χ1n) is 9.71. The molecule has 0 radical (unpaired) electrons. The highest BCUT2D eigenvalue weighted by molar-refractivity contribution is 7.14. The highest BCUT2D eigenvalue weighted by atomic mass is 32.1. The average Bonchev–Trinajstić information content (AvgIpc) is 3.22. The van der Waals surface area contributed by atoms with Crippen LogP contribution in [0.25, 0.3) is 11.3 Å². The van der Waals surface area contributed by atoms with E-state index in [2.05, 4.69) is 21.0 Å². The Morgan fingerprint density at radius 1 is 1.00 bits per heavy atom. The van der Waals surface area contributed by atoms with Gasteiger partial charge in [-0.05, 0) is 32.4 Å². The molecule has 2 aromatic carbocycles. The topological polar surface area (TPSA) is 86.4 Å². The van der Waals surface area contributed by atoms with Crippen LogP contribution in [0, 0.1) is 13.8 Å². The number of urea groups is 2. The standard InChI is InChI=1S/C22H25N5O2S/c1-4-13-23-21(29)27(26-20(28)24-18-11-7-16(3)8-12-18)22-25-19(14-30-22)17-9-5-15(2)6-10-17/h5-12,14H,4,13H2,1-3H3,(H,23,29)(H2,24,26,28). The van der Waals surface area contributed by atoms with Crippen molar-refractivity contribution < 1.29 is 9.59 Å². The van der Waals surface area contributed by atoms with Gasteiger partial charge in [0.05, 0.1) is 5.69 Å². The first kappa shape index (κ1) is 21.3. The Kier molecular flexibility index (Phi) is 7.03. The zero-order chi connectivity index (χ0) is 21.5. The second-order valence-corrected chi connectivity index (χ2v) is 7.72. The van der Waals surface area contributed by atoms with Crippen LogP contribution in [0.15, 0.2) is 53.9 Å². The maximum absolute atomic E-state index is 12.7. The summed E-state index contributed by atoms with van der Waals surface area (Å²) in [4.78, 5) is 29.7. The van der Waals surface area contributed by atoms with E-state index in [0.717, 1.165) is 33.8 Å². The first-order chi connectivity index (χ1) is 14.5. The van der Waals surface area contributed by atoms with Gasteiger partial charge in [0.15, 0.2) is 0 Å². The molecule has 0 saturated carbocycles. The summed E-state index contributed by atoms with van der Waals surface area (Å²) in [6.07, 6.45) is 0.779. The summed E-state index contributed by atoms with van der Waals surface area (Å²) < 4.78 is 0. The van der Waals surface area contributed by atoms with E-state index in [1.54, 1.807) is 12.1 Å². The zero-order valence-corrected chi connectivity index (χ0v) is 18.0. The van der Waals surface area contributed by atoms with Crippen LogP contribution < -0.4 is 21.1 Å². The molecular formula is C22H25N5O2S. The van der Waals surface area contributed by atoms with Crippen molar-refractivity contribution in [3.05, 3.63) is 65.0 Å². The molecule has 0 saturated heterocycles. The van der Waals surface area contributed by atoms with Crippen molar-refractivity contribution in [2.45, 2.75) is 27.2 Å². The summed E-state index contributed by atoms with van der Waals surface area (Å²) in [5, 5.41) is 8.88. The third-order valence-electron chi connectivity index (χ3n) is 4.28. The molecule has 0 fully saturated rings. The van der Waals surface area contributed by atoms with Crippen LogP contribution in [0.2, 0.25) is 0 Å². The van der Waals surface area contributed by atoms with Gasteiger partial charge in [-0.1, -0.05) is 54.4 Å². The number of anilines is 2. The third kappa shape index (κ3) is 5.57. The van der Waals surface area contributed by atoms with Crippen molar-refractivity contribution in [3.63, 3.8) is 0 Å². The largest absolute Gasteiger partial charge is 0.343 e. The average molecular weight is 424 g/mol. The minimum Gasteiger partial charge on any atom is -0.336 e. The van der Waals surface area contributed by atoms with Gasteiger partial charge in [0.1, 0.15) is 0 Å². The van der Waals surface area contributed by atoms with Crippen molar-refractivity contribution in [1.82, 2.24) is 15.7 Å². The van der Waals surface area contributed by atoms with Gasteiger partial charge < -0.3 is 10.6 Å². The second kappa shape index (κ2) is 9.89. The molecule has 0 bridgehead atoms. The van der Waals surface area contributed by atoms with Crippen LogP contribution in [0.5, 0.6) is 0 Å². The lowest BCUT2D eigenvalue weighted by Gasteiger charge is -2.21. The molecule has 1 aromatic heterocycles. The van der Waals surface area contributed by atoms with Crippen LogP contribution in [-0.2, 0) is 0 Å². The van der Waals surface area contributed by atoms with E-state index >= 15 is 0 Å². The summed E-state index contributed by atoms with van der Waals surface area (Å²) in [6, 6.07) is 14.4. The summed E-state index contributed by atoms with van der Waals surface area (Å²) >= 11 is 1.28. The number of carbonyl (C=O) groups is 2. The Morgan fingerprint density at radius 2 is 1.63 bits per heavy atom. The van der Waals surface area contributed by atoms with Gasteiger partial charge in [0.25, 0.3) is 0 Å². The van der Waals surface area contributed by atoms with Gasteiger partial charge in [-0.25, -0.2) is 20.0 Å². The van der Waals surface area contributed by atoms with Crippen LogP contribution in [0.3, 0.4) is 0 Å². The summed E-state index contributed by atoms with van der Waals surface area (Å²) in [6.45, 7) is 6.44. The minimum atomic E-state index is -0.530. The number of hydrogen-bond acceptors (Lipinski definition) is 4. The number of aromatic nitrogens is 1. The molecule has 1 heterocycles. The van der Waals surface area contributed by atoms with E-state index in [9.17, 15) is 9.59 Å². The van der Waals surface area contributed by atoms with Gasteiger partial charge in [0.2, 0.25) is 5.13 Å². The van der Waals surface area contributed by atoms with E-state index in [1.165, 1.54) is 11.3 Å². The van der Waals surface area contributed by atoms with E-state index in [1.807, 2.05) is 62.5 Å². The quantitative estimate of drug-likeness (QED) is 0.500. The number of hydrogen-bond donors (Lipinski definition) is 3. The summed E-state index contributed by atoms with van der Waals surface area (Å²) in [5.74, 6) is 0. The van der Waals surface area contributed by atoms with Crippen molar-refractivity contribution in [2.24, 2.45) is 0 Å². The van der Waals surface area contributed by atoms with Crippen LogP contribution in [0.1, 0.15) is 24.5 Å². The highest BCUT2D eigenvalue weighted by Gasteiger charge is 2.22. The number of carbonyl (C=O) groups excluding carboxylic acids is 2. The lowest BCUT2D eigenvalue weighted by Crippen LogP contribution is -2.52. The number of thiazole rings is 1. The van der Waals surface area contributed by atoms with Crippen LogP contribution in [-0.4, -0.2) is 23.6 Å². The highest BCUT2D eigenvalue weighted by Crippen LogP contribution is 2.27. The Balaban J connectivity index is 1.78. The third-order valence-corrected chi connectivity index (χ3v) is 5.11. The molecule has 0 spiro atoms. The predicted octanol–water partition coefficient (Wildman–Crippen LogP) is 5.09. The van der Waals surface area contributed by atoms with Crippen molar-refractivity contribution in [3.8, 4) is 11.3 Å². The number of nitrogens with zero attached hydrogens (tertiary/aromatic N) is 2. The molecule has 0 aliphatic carbocycles. The predicted molar refractivity (Wildman–Crippen MR) is 122 cm³/mol. The molecule has 156 valence electrons. The van der Waals surface area contributed by atoms with Gasteiger partial charge in [0, 0.05) is 23.2 Å². The van der Waals surface area contributed by atoms with Gasteiger partial charge in [-0.3, -0.25) is 0 Å². The smallest absolute Gasteiger partial charge is 0.336 e. The number of aryl methyl sites for hydroxylation is 2. The molecule has 8 heteroatoms. The second-order valence-electron chi connectivity index (χ2n) is 6.88. The normalized spacial score (nSPS) is 10.4. The maximum Gasteiger partial charge on any atom is 0.343 e. The van der Waals surface area contributed by atoms with Crippen molar-refractivity contribution in [2.75, 3.05) is 16.9 Å². The fraction of sp³-hybridized carbons (Fsp3) is 0.227. The number of amides is 4. The fourth-order valence-corrected chi connectivity index (χ4v) is 3.41. The lowest BCUT2D eigenvalue weighted by atomic mass is 10.1. The number of hydrazine groups is 1. The van der Waals surface area contributed by atoms with Gasteiger partial charge in [-0.15, -0.1) is 11.3 Å². The molecule has 7 nitrogen and oxygen atoms in total. The molecule has 30 heavy (non-hydrogen) atoms. The van der Waals surface area contributed by atoms with E-state index in [-0.39, 0.29) is 0 Å². The van der Waals surface area contributed by atoms with Gasteiger partial charge >= 0.3 is 12.1 Å². The zero-order valence-electron chi connectivity index (χ0n) is 17.2. The molecule has 4 amide bonds. The molecule has 3 N–H and O–H groups in total. The van der Waals surface area contributed by atoms with Crippen LogP contribution in [0.4, 0.5) is 20.4 Å². The first-order valence-corrected chi connectivity index (χ1v) is 10.6. The Hall–Kier alpha value is -3.39. The molecule has 3 rings (SSSR count). The molecule has 0 aliphatic rings. The maximum atomic E-state index is 12.7. The Labute approximate surface area is 180 Å². The van der Waals surface area contributed by atoms with E-state index < -0.39 is 12.1 Å². The SMILES string of the molecule is CCCNC(=O)N(NC(=O)Nc1ccc(C)cc1)c1nc(-c2ccc(C)cc2)cs1.